The molecule has 0 spiro atoms. The highest BCUT2D eigenvalue weighted by Gasteiger charge is 2.30. The van der Waals surface area contributed by atoms with Crippen LogP contribution in [0, 0.1) is 5.41 Å². The number of benzene rings is 2. The maximum Gasteiger partial charge on any atom is 0.322 e. The normalized spacial score (nSPS) is 14.7. The molecule has 1 aromatic heterocycles. The van der Waals surface area contributed by atoms with Crippen LogP contribution in [-0.2, 0) is 11.2 Å². The summed E-state index contributed by atoms with van der Waals surface area (Å²) in [6.45, 7) is 6.40. The van der Waals surface area contributed by atoms with Crippen LogP contribution in [0.4, 0.5) is 10.5 Å². The van der Waals surface area contributed by atoms with Crippen LogP contribution in [0.3, 0.4) is 0 Å². The number of carboxylic acid groups (broad SMARTS) is 1. The molecule has 0 bridgehead atoms. The molecule has 2 heterocycles. The second kappa shape index (κ2) is 12.7. The Bertz CT molecular complexity index is 1260. The number of unbranched alkanes of at least 4 members (excludes halogenated alkanes) is 1. The number of amides is 2. The van der Waals surface area contributed by atoms with Gasteiger partial charge in [-0.25, -0.2) is 9.78 Å². The van der Waals surface area contributed by atoms with Crippen molar-refractivity contribution in [1.82, 2.24) is 10.3 Å². The largest absolute Gasteiger partial charge is 0.486 e. The van der Waals surface area contributed by atoms with Gasteiger partial charge in [0.25, 0.3) is 0 Å². The molecule has 1 aliphatic heterocycles. The van der Waals surface area contributed by atoms with Gasteiger partial charge in [0.15, 0.2) is 0 Å². The maximum absolute atomic E-state index is 13.1. The fourth-order valence-corrected chi connectivity index (χ4v) is 4.28. The van der Waals surface area contributed by atoms with Crippen molar-refractivity contribution in [3.63, 3.8) is 0 Å². The van der Waals surface area contributed by atoms with Crippen LogP contribution in [0.15, 0.2) is 66.9 Å². The molecule has 3 aromatic rings. The second-order valence-electron chi connectivity index (χ2n) is 10.5. The van der Waals surface area contributed by atoms with Gasteiger partial charge in [0.1, 0.15) is 18.5 Å². The van der Waals surface area contributed by atoms with Gasteiger partial charge in [-0.3, -0.25) is 9.69 Å². The Hall–Kier alpha value is -4.07. The summed E-state index contributed by atoms with van der Waals surface area (Å²) >= 11 is 0. The standard InChI is InChI=1S/C31H37N3O5/c1-4-25-20-34(30(37)32-17-9-8-12-22-10-6-5-7-11-22)26-15-13-23(18-27(26)39-25)24-14-16-28(33-19-24)38-21-31(2,3)29(35)36/h5-7,10-11,13-16,18-19,25H,4,8-9,12,17,20-21H2,1-3H3,(H,32,37)(H,35,36). The number of anilines is 1. The van der Waals surface area contributed by atoms with Crippen LogP contribution in [0.25, 0.3) is 11.1 Å². The Kier molecular flexibility index (Phi) is 9.07. The summed E-state index contributed by atoms with van der Waals surface area (Å²) in [5.41, 5.74) is 2.81. The van der Waals surface area contributed by atoms with Gasteiger partial charge in [-0.15, -0.1) is 0 Å². The molecule has 1 unspecified atom stereocenters. The van der Waals surface area contributed by atoms with Gasteiger partial charge < -0.3 is 19.9 Å². The average molecular weight is 532 g/mol. The molecule has 8 heteroatoms. The van der Waals surface area contributed by atoms with Gasteiger partial charge in [-0.2, -0.15) is 0 Å². The Morgan fingerprint density at radius 2 is 1.87 bits per heavy atom. The summed E-state index contributed by atoms with van der Waals surface area (Å²) in [5.74, 6) is 0.0951. The van der Waals surface area contributed by atoms with Crippen LogP contribution in [-0.4, -0.2) is 47.9 Å². The molecule has 1 atom stereocenters. The zero-order chi connectivity index (χ0) is 27.8. The van der Waals surface area contributed by atoms with Gasteiger partial charge in [0.05, 0.1) is 17.6 Å². The third-order valence-electron chi connectivity index (χ3n) is 6.87. The zero-order valence-corrected chi connectivity index (χ0v) is 22.9. The Morgan fingerprint density at radius 3 is 2.56 bits per heavy atom. The summed E-state index contributed by atoms with van der Waals surface area (Å²) in [5, 5.41) is 12.3. The highest BCUT2D eigenvalue weighted by atomic mass is 16.5. The van der Waals surface area contributed by atoms with Gasteiger partial charge in [-0.05, 0) is 68.9 Å². The Labute approximate surface area is 230 Å². The molecular weight excluding hydrogens is 494 g/mol. The number of fused-ring (bicyclic) bond motifs is 1. The zero-order valence-electron chi connectivity index (χ0n) is 22.9. The molecular formula is C31H37N3O5. The minimum absolute atomic E-state index is 0.0185. The fourth-order valence-electron chi connectivity index (χ4n) is 4.28. The smallest absolute Gasteiger partial charge is 0.322 e. The summed E-state index contributed by atoms with van der Waals surface area (Å²) in [4.78, 5) is 30.5. The van der Waals surface area contributed by atoms with E-state index in [0.717, 1.165) is 42.5 Å². The van der Waals surface area contributed by atoms with E-state index in [0.29, 0.717) is 24.7 Å². The van der Waals surface area contributed by atoms with E-state index in [1.807, 2.05) is 49.4 Å². The fraction of sp³-hybridized carbons (Fsp3) is 0.387. The van der Waals surface area contributed by atoms with Crippen LogP contribution in [0.5, 0.6) is 11.6 Å². The van der Waals surface area contributed by atoms with Crippen LogP contribution in [0.1, 0.15) is 45.6 Å². The maximum atomic E-state index is 13.1. The first-order chi connectivity index (χ1) is 18.8. The number of carbonyl (C=O) groups excluding carboxylic acids is 1. The molecule has 0 saturated carbocycles. The number of carboxylic acids is 1. The third kappa shape index (κ3) is 7.28. The van der Waals surface area contributed by atoms with Gasteiger partial charge >= 0.3 is 12.0 Å². The summed E-state index contributed by atoms with van der Waals surface area (Å²) < 4.78 is 11.8. The molecule has 1 aliphatic rings. The molecule has 39 heavy (non-hydrogen) atoms. The number of ether oxygens (including phenoxy) is 2. The number of nitrogens with zero attached hydrogens (tertiary/aromatic N) is 2. The van der Waals surface area contributed by atoms with Crippen molar-refractivity contribution in [2.75, 3.05) is 24.6 Å². The monoisotopic (exact) mass is 531 g/mol. The first-order valence-corrected chi connectivity index (χ1v) is 13.5. The second-order valence-corrected chi connectivity index (χ2v) is 10.5. The molecule has 0 fully saturated rings. The molecule has 0 saturated heterocycles. The summed E-state index contributed by atoms with van der Waals surface area (Å²) in [6, 6.07) is 19.6. The lowest BCUT2D eigenvalue weighted by Gasteiger charge is -2.35. The topological polar surface area (TPSA) is 101 Å². The van der Waals surface area contributed by atoms with Crippen molar-refractivity contribution in [3.05, 3.63) is 72.4 Å². The van der Waals surface area contributed by atoms with E-state index >= 15 is 0 Å². The van der Waals surface area contributed by atoms with Gasteiger partial charge in [0.2, 0.25) is 5.88 Å². The average Bonchev–Trinajstić information content (AvgIpc) is 2.95. The number of urea groups is 1. The highest BCUT2D eigenvalue weighted by Crippen LogP contribution is 2.38. The van der Waals surface area contributed by atoms with Crippen LogP contribution >= 0.6 is 0 Å². The summed E-state index contributed by atoms with van der Waals surface area (Å²) in [6.07, 6.45) is 5.30. The van der Waals surface area contributed by atoms with Crippen LogP contribution < -0.4 is 19.7 Å². The van der Waals surface area contributed by atoms with Crippen molar-refractivity contribution in [2.45, 2.75) is 52.6 Å². The summed E-state index contributed by atoms with van der Waals surface area (Å²) in [7, 11) is 0. The van der Waals surface area contributed by atoms with E-state index in [1.54, 1.807) is 31.0 Å². The third-order valence-corrected chi connectivity index (χ3v) is 6.87. The van der Waals surface area contributed by atoms with Gasteiger partial charge in [-0.1, -0.05) is 43.3 Å². The SMILES string of the molecule is CCC1CN(C(=O)NCCCCc2ccccc2)c2ccc(-c3ccc(OCC(C)(C)C(=O)O)nc3)cc2O1. The number of nitrogens with one attached hydrogen (secondary N) is 1. The number of rotatable bonds is 11. The van der Waals surface area contributed by atoms with Gasteiger partial charge in [0, 0.05) is 24.4 Å². The number of hydrogen-bond donors (Lipinski definition) is 2. The number of hydrogen-bond acceptors (Lipinski definition) is 5. The number of aromatic nitrogens is 1. The molecule has 2 N–H and O–H groups in total. The molecule has 0 aliphatic carbocycles. The van der Waals surface area contributed by atoms with Crippen molar-refractivity contribution in [1.29, 1.82) is 0 Å². The molecule has 2 aromatic carbocycles. The Balaban J connectivity index is 1.38. The highest BCUT2D eigenvalue weighted by molar-refractivity contribution is 5.94. The molecule has 0 radical (unpaired) electrons. The van der Waals surface area contributed by atoms with Crippen molar-refractivity contribution in [2.24, 2.45) is 5.41 Å². The van der Waals surface area contributed by atoms with E-state index in [9.17, 15) is 14.7 Å². The molecule has 8 nitrogen and oxygen atoms in total. The van der Waals surface area contributed by atoms with Crippen molar-refractivity contribution < 1.29 is 24.2 Å². The molecule has 4 rings (SSSR count). The number of carbonyl (C=O) groups is 2. The number of pyridine rings is 1. The Morgan fingerprint density at radius 1 is 1.10 bits per heavy atom. The van der Waals surface area contributed by atoms with Crippen molar-refractivity contribution >= 4 is 17.7 Å². The lowest BCUT2D eigenvalue weighted by Crippen LogP contribution is -2.48. The van der Waals surface area contributed by atoms with Crippen molar-refractivity contribution in [3.8, 4) is 22.8 Å². The lowest BCUT2D eigenvalue weighted by molar-refractivity contribution is -0.148. The van der Waals surface area contributed by atoms with E-state index in [-0.39, 0.29) is 18.7 Å². The minimum Gasteiger partial charge on any atom is -0.486 e. The lowest BCUT2D eigenvalue weighted by atomic mass is 9.95. The predicted molar refractivity (Wildman–Crippen MR) is 151 cm³/mol. The molecule has 2 amide bonds. The van der Waals surface area contributed by atoms with E-state index < -0.39 is 11.4 Å². The van der Waals surface area contributed by atoms with E-state index in [1.165, 1.54) is 5.56 Å². The predicted octanol–water partition coefficient (Wildman–Crippen LogP) is 5.95. The van der Waals surface area contributed by atoms with E-state index in [4.69, 9.17) is 9.47 Å². The number of aryl methyl sites for hydroxylation is 1. The molecule has 206 valence electrons. The quantitative estimate of drug-likeness (QED) is 0.297. The minimum atomic E-state index is -1.01. The van der Waals surface area contributed by atoms with Crippen LogP contribution in [0.2, 0.25) is 0 Å². The van der Waals surface area contributed by atoms with E-state index in [2.05, 4.69) is 22.4 Å². The number of aliphatic carboxylic acids is 1. The first kappa shape index (κ1) is 28.0. The first-order valence-electron chi connectivity index (χ1n) is 13.5.